The molecule has 0 aliphatic rings. The standard InChI is InChI=1S/C11H7F3N2O3S/c12-11(13,14)19-7-3-1-6(2-4-7)16-10-15-5-8(20-10)9(17)18/h1-5H,(H,15,16)(H,17,18). The lowest BCUT2D eigenvalue weighted by atomic mass is 10.3. The van der Waals surface area contributed by atoms with Crippen molar-refractivity contribution in [3.05, 3.63) is 35.3 Å². The summed E-state index contributed by atoms with van der Waals surface area (Å²) in [5.74, 6) is -1.43. The maximum absolute atomic E-state index is 12.0. The molecule has 0 fully saturated rings. The quantitative estimate of drug-likeness (QED) is 0.904. The molecule has 2 N–H and O–H groups in total. The lowest BCUT2D eigenvalue weighted by Crippen LogP contribution is -2.16. The lowest BCUT2D eigenvalue weighted by molar-refractivity contribution is -0.274. The van der Waals surface area contributed by atoms with Crippen LogP contribution in [-0.2, 0) is 0 Å². The molecule has 0 aliphatic heterocycles. The highest BCUT2D eigenvalue weighted by Crippen LogP contribution is 2.26. The number of ether oxygens (including phenoxy) is 1. The molecule has 0 bridgehead atoms. The summed E-state index contributed by atoms with van der Waals surface area (Å²) in [6.45, 7) is 0. The van der Waals surface area contributed by atoms with Crippen LogP contribution in [0.1, 0.15) is 9.67 Å². The minimum Gasteiger partial charge on any atom is -0.477 e. The molecular weight excluding hydrogens is 297 g/mol. The highest BCUT2D eigenvalue weighted by molar-refractivity contribution is 7.17. The fourth-order valence-electron chi connectivity index (χ4n) is 1.29. The van der Waals surface area contributed by atoms with Crippen LogP contribution in [0.4, 0.5) is 24.0 Å². The van der Waals surface area contributed by atoms with Crippen LogP contribution in [0.3, 0.4) is 0 Å². The number of benzene rings is 1. The van der Waals surface area contributed by atoms with E-state index in [-0.39, 0.29) is 10.6 Å². The van der Waals surface area contributed by atoms with Gasteiger partial charge in [0.05, 0.1) is 6.20 Å². The molecule has 2 rings (SSSR count). The number of rotatable bonds is 4. The van der Waals surface area contributed by atoms with Gasteiger partial charge in [0, 0.05) is 5.69 Å². The molecular formula is C11H7F3N2O3S. The van der Waals surface area contributed by atoms with Gasteiger partial charge in [-0.05, 0) is 24.3 Å². The summed E-state index contributed by atoms with van der Waals surface area (Å²) < 4.78 is 39.6. The van der Waals surface area contributed by atoms with Gasteiger partial charge in [-0.1, -0.05) is 11.3 Å². The molecule has 1 heterocycles. The summed E-state index contributed by atoms with van der Waals surface area (Å²) >= 11 is 0.917. The molecule has 0 saturated heterocycles. The average molecular weight is 304 g/mol. The molecule has 0 aliphatic carbocycles. The molecule has 1 aromatic carbocycles. The van der Waals surface area contributed by atoms with Gasteiger partial charge in [-0.3, -0.25) is 0 Å². The first-order valence-corrected chi connectivity index (χ1v) is 5.97. The molecule has 2 aromatic rings. The Bertz CT molecular complexity index is 610. The molecule has 0 spiro atoms. The number of halogens is 3. The maximum Gasteiger partial charge on any atom is 0.573 e. The van der Waals surface area contributed by atoms with Crippen molar-refractivity contribution in [2.75, 3.05) is 5.32 Å². The number of aromatic carboxylic acids is 1. The SMILES string of the molecule is O=C(O)c1cnc(Nc2ccc(OC(F)(F)F)cc2)s1. The van der Waals surface area contributed by atoms with Gasteiger partial charge in [0.2, 0.25) is 0 Å². The molecule has 0 unspecified atom stereocenters. The number of carbonyl (C=O) groups is 1. The number of nitrogens with one attached hydrogen (secondary N) is 1. The fraction of sp³-hybridized carbons (Fsp3) is 0.0909. The van der Waals surface area contributed by atoms with E-state index in [2.05, 4.69) is 15.0 Å². The van der Waals surface area contributed by atoms with Gasteiger partial charge in [-0.2, -0.15) is 0 Å². The zero-order chi connectivity index (χ0) is 14.8. The number of alkyl halides is 3. The van der Waals surface area contributed by atoms with Gasteiger partial charge in [0.1, 0.15) is 10.6 Å². The second-order valence-corrected chi connectivity index (χ2v) is 4.56. The summed E-state index contributed by atoms with van der Waals surface area (Å²) in [5.41, 5.74) is 0.464. The maximum atomic E-state index is 12.0. The third kappa shape index (κ3) is 3.85. The van der Waals surface area contributed by atoms with E-state index < -0.39 is 12.3 Å². The average Bonchev–Trinajstić information content (AvgIpc) is 2.78. The van der Waals surface area contributed by atoms with Gasteiger partial charge in [0.15, 0.2) is 5.13 Å². The van der Waals surface area contributed by atoms with Crippen molar-refractivity contribution in [2.45, 2.75) is 6.36 Å². The van der Waals surface area contributed by atoms with E-state index in [9.17, 15) is 18.0 Å². The first kappa shape index (κ1) is 14.1. The zero-order valence-electron chi connectivity index (χ0n) is 9.64. The Morgan fingerprint density at radius 2 is 1.95 bits per heavy atom. The minimum absolute atomic E-state index is 0.0597. The Kier molecular flexibility index (Phi) is 3.79. The second kappa shape index (κ2) is 5.37. The number of hydrogen-bond donors (Lipinski definition) is 2. The van der Waals surface area contributed by atoms with Crippen molar-refractivity contribution in [2.24, 2.45) is 0 Å². The first-order chi connectivity index (χ1) is 9.33. The molecule has 0 radical (unpaired) electrons. The van der Waals surface area contributed by atoms with Crippen LogP contribution < -0.4 is 10.1 Å². The number of nitrogens with zero attached hydrogens (tertiary/aromatic N) is 1. The van der Waals surface area contributed by atoms with Crippen LogP contribution in [-0.4, -0.2) is 22.4 Å². The number of thiazole rings is 1. The molecule has 0 atom stereocenters. The van der Waals surface area contributed by atoms with E-state index in [4.69, 9.17) is 5.11 Å². The molecule has 0 amide bonds. The van der Waals surface area contributed by atoms with Crippen LogP contribution in [0, 0.1) is 0 Å². The normalized spacial score (nSPS) is 11.2. The molecule has 9 heteroatoms. The van der Waals surface area contributed by atoms with Gasteiger partial charge in [-0.15, -0.1) is 13.2 Å². The third-order valence-electron chi connectivity index (χ3n) is 2.06. The first-order valence-electron chi connectivity index (χ1n) is 5.15. The zero-order valence-corrected chi connectivity index (χ0v) is 10.5. The molecule has 106 valence electrons. The van der Waals surface area contributed by atoms with Crippen LogP contribution in [0.2, 0.25) is 0 Å². The molecule has 5 nitrogen and oxygen atoms in total. The number of carboxylic acid groups (broad SMARTS) is 1. The largest absolute Gasteiger partial charge is 0.573 e. The van der Waals surface area contributed by atoms with E-state index in [0.717, 1.165) is 23.5 Å². The lowest BCUT2D eigenvalue weighted by Gasteiger charge is -2.09. The van der Waals surface area contributed by atoms with Gasteiger partial charge >= 0.3 is 12.3 Å². The third-order valence-corrected chi connectivity index (χ3v) is 2.96. The van der Waals surface area contributed by atoms with Crippen LogP contribution >= 0.6 is 11.3 Å². The van der Waals surface area contributed by atoms with Gasteiger partial charge in [-0.25, -0.2) is 9.78 Å². The monoisotopic (exact) mass is 304 g/mol. The second-order valence-electron chi connectivity index (χ2n) is 3.53. The Labute approximate surface area is 114 Å². The summed E-state index contributed by atoms with van der Waals surface area (Å²) in [4.78, 5) is 14.6. The number of aromatic nitrogens is 1. The van der Waals surface area contributed by atoms with Gasteiger partial charge < -0.3 is 15.2 Å². The highest BCUT2D eigenvalue weighted by atomic mass is 32.1. The molecule has 20 heavy (non-hydrogen) atoms. The summed E-state index contributed by atoms with van der Waals surface area (Å²) in [6, 6.07) is 5.01. The Balaban J connectivity index is 2.04. The Morgan fingerprint density at radius 1 is 1.30 bits per heavy atom. The predicted octanol–water partition coefficient (Wildman–Crippen LogP) is 3.48. The van der Waals surface area contributed by atoms with E-state index >= 15 is 0 Å². The predicted molar refractivity (Wildman–Crippen MR) is 65.5 cm³/mol. The number of hydrogen-bond acceptors (Lipinski definition) is 5. The van der Waals surface area contributed by atoms with Gasteiger partial charge in [0.25, 0.3) is 0 Å². The van der Waals surface area contributed by atoms with E-state index in [1.165, 1.54) is 18.3 Å². The highest BCUT2D eigenvalue weighted by Gasteiger charge is 2.30. The number of carboxylic acids is 1. The van der Waals surface area contributed by atoms with E-state index in [1.54, 1.807) is 0 Å². The number of anilines is 2. The van der Waals surface area contributed by atoms with Crippen molar-refractivity contribution >= 4 is 28.1 Å². The van der Waals surface area contributed by atoms with E-state index in [1.807, 2.05) is 0 Å². The van der Waals surface area contributed by atoms with Crippen molar-refractivity contribution in [3.8, 4) is 5.75 Å². The summed E-state index contributed by atoms with van der Waals surface area (Å²) in [5, 5.41) is 11.8. The fourth-order valence-corrected chi connectivity index (χ4v) is 1.97. The van der Waals surface area contributed by atoms with Crippen molar-refractivity contribution in [3.63, 3.8) is 0 Å². The van der Waals surface area contributed by atoms with E-state index in [0.29, 0.717) is 10.8 Å². The molecule has 1 aromatic heterocycles. The molecule has 0 saturated carbocycles. The topological polar surface area (TPSA) is 71.5 Å². The van der Waals surface area contributed by atoms with Crippen LogP contribution in [0.15, 0.2) is 30.5 Å². The Morgan fingerprint density at radius 3 is 2.45 bits per heavy atom. The Hall–Kier alpha value is -2.29. The minimum atomic E-state index is -4.74. The van der Waals surface area contributed by atoms with Crippen molar-refractivity contribution < 1.29 is 27.8 Å². The van der Waals surface area contributed by atoms with Crippen molar-refractivity contribution in [1.29, 1.82) is 0 Å². The van der Waals surface area contributed by atoms with Crippen LogP contribution in [0.5, 0.6) is 5.75 Å². The van der Waals surface area contributed by atoms with Crippen molar-refractivity contribution in [1.82, 2.24) is 4.98 Å². The summed E-state index contributed by atoms with van der Waals surface area (Å²) in [7, 11) is 0. The van der Waals surface area contributed by atoms with Crippen LogP contribution in [0.25, 0.3) is 0 Å². The summed E-state index contributed by atoms with van der Waals surface area (Å²) in [6.07, 6.45) is -3.54. The smallest absolute Gasteiger partial charge is 0.477 e.